The van der Waals surface area contributed by atoms with Crippen LogP contribution in [0.5, 0.6) is 0 Å². The highest BCUT2D eigenvalue weighted by Gasteiger charge is 2.32. The lowest BCUT2D eigenvalue weighted by Crippen LogP contribution is -2.57. The van der Waals surface area contributed by atoms with Gasteiger partial charge in [-0.05, 0) is 40.4 Å². The summed E-state index contributed by atoms with van der Waals surface area (Å²) < 4.78 is 1.04. The van der Waals surface area contributed by atoms with Crippen LogP contribution in [0.3, 0.4) is 0 Å². The second-order valence-corrected chi connectivity index (χ2v) is 7.70. The van der Waals surface area contributed by atoms with Crippen molar-refractivity contribution in [2.75, 3.05) is 6.54 Å². The molecule has 2 heterocycles. The maximum atomic E-state index is 12.3. The number of nitrogens with one attached hydrogen (secondary N) is 1. The number of rotatable bonds is 4. The predicted molar refractivity (Wildman–Crippen MR) is 78.8 cm³/mol. The van der Waals surface area contributed by atoms with Gasteiger partial charge in [-0.15, -0.1) is 11.3 Å². The summed E-state index contributed by atoms with van der Waals surface area (Å²) in [6.07, 6.45) is 0.690. The normalized spacial score (nSPS) is 20.0. The van der Waals surface area contributed by atoms with E-state index in [0.717, 1.165) is 8.66 Å². The number of piperazine rings is 1. The summed E-state index contributed by atoms with van der Waals surface area (Å²) >= 11 is 5.00. The molecule has 1 N–H and O–H groups in total. The Morgan fingerprint density at radius 2 is 2.21 bits per heavy atom. The van der Waals surface area contributed by atoms with Crippen molar-refractivity contribution in [1.82, 2.24) is 10.2 Å². The monoisotopic (exact) mass is 344 g/mol. The zero-order chi connectivity index (χ0) is 14.0. The molecular formula is C13H17BrN2O2S. The molecule has 1 atom stereocenters. The fourth-order valence-corrected chi connectivity index (χ4v) is 3.66. The third-order valence-corrected chi connectivity index (χ3v) is 4.57. The van der Waals surface area contributed by atoms with Crippen molar-refractivity contribution in [2.24, 2.45) is 5.92 Å². The lowest BCUT2D eigenvalue weighted by molar-refractivity contribution is -0.145. The molecule has 4 nitrogen and oxygen atoms in total. The van der Waals surface area contributed by atoms with Gasteiger partial charge in [-0.3, -0.25) is 9.59 Å². The van der Waals surface area contributed by atoms with Gasteiger partial charge >= 0.3 is 0 Å². The van der Waals surface area contributed by atoms with E-state index in [2.05, 4.69) is 35.1 Å². The molecule has 0 bridgehead atoms. The average molecular weight is 345 g/mol. The molecule has 1 aliphatic heterocycles. The summed E-state index contributed by atoms with van der Waals surface area (Å²) in [6, 6.07) is 3.57. The molecule has 1 aromatic rings. The smallest absolute Gasteiger partial charge is 0.245 e. The first-order chi connectivity index (χ1) is 8.95. The molecule has 1 fully saturated rings. The van der Waals surface area contributed by atoms with Gasteiger partial charge in [0.1, 0.15) is 6.04 Å². The number of hydrogen-bond donors (Lipinski definition) is 1. The Kier molecular flexibility index (Phi) is 4.62. The van der Waals surface area contributed by atoms with Gasteiger partial charge in [0.15, 0.2) is 0 Å². The first kappa shape index (κ1) is 14.5. The van der Waals surface area contributed by atoms with Crippen molar-refractivity contribution in [3.8, 4) is 0 Å². The highest BCUT2D eigenvalue weighted by Crippen LogP contribution is 2.24. The van der Waals surface area contributed by atoms with E-state index < -0.39 is 0 Å². The Labute approximate surface area is 125 Å². The molecule has 2 amide bonds. The number of halogens is 1. The largest absolute Gasteiger partial charge is 0.343 e. The molecule has 1 unspecified atom stereocenters. The highest BCUT2D eigenvalue weighted by atomic mass is 79.9. The van der Waals surface area contributed by atoms with E-state index in [0.29, 0.717) is 18.9 Å². The number of nitrogens with zero attached hydrogens (tertiary/aromatic N) is 1. The minimum atomic E-state index is -0.371. The van der Waals surface area contributed by atoms with Crippen molar-refractivity contribution in [2.45, 2.75) is 32.9 Å². The zero-order valence-corrected chi connectivity index (χ0v) is 13.4. The van der Waals surface area contributed by atoms with Gasteiger partial charge in [0.05, 0.1) is 16.9 Å². The molecule has 1 aromatic heterocycles. The second kappa shape index (κ2) is 6.05. The lowest BCUT2D eigenvalue weighted by atomic mass is 10.0. The van der Waals surface area contributed by atoms with Crippen LogP contribution in [0.4, 0.5) is 0 Å². The Bertz CT molecular complexity index is 487. The van der Waals surface area contributed by atoms with E-state index in [1.807, 2.05) is 12.1 Å². The number of amides is 2. The van der Waals surface area contributed by atoms with Crippen LogP contribution in [0.25, 0.3) is 0 Å². The fourth-order valence-electron chi connectivity index (χ4n) is 2.16. The number of carbonyl (C=O) groups excluding carboxylic acids is 2. The predicted octanol–water partition coefficient (Wildman–Crippen LogP) is 2.38. The molecule has 2 rings (SSSR count). The molecule has 6 heteroatoms. The third-order valence-electron chi connectivity index (χ3n) is 2.96. The molecule has 19 heavy (non-hydrogen) atoms. The van der Waals surface area contributed by atoms with Gasteiger partial charge < -0.3 is 10.2 Å². The SMILES string of the molecule is CC(C)CC1NC(=O)CN(Cc2ccc(Br)s2)C1=O. The molecule has 104 valence electrons. The Balaban J connectivity index is 2.06. The van der Waals surface area contributed by atoms with E-state index in [4.69, 9.17) is 0 Å². The van der Waals surface area contributed by atoms with Gasteiger partial charge in [-0.25, -0.2) is 0 Å². The lowest BCUT2D eigenvalue weighted by Gasteiger charge is -2.33. The summed E-state index contributed by atoms with van der Waals surface area (Å²) in [7, 11) is 0. The number of hydrogen-bond acceptors (Lipinski definition) is 3. The highest BCUT2D eigenvalue weighted by molar-refractivity contribution is 9.11. The standard InChI is InChI=1S/C13H17BrN2O2S/c1-8(2)5-10-13(18)16(7-12(17)15-10)6-9-3-4-11(14)19-9/h3-4,8,10H,5-7H2,1-2H3,(H,15,17). The van der Waals surface area contributed by atoms with E-state index in [1.54, 1.807) is 16.2 Å². The topological polar surface area (TPSA) is 49.4 Å². The van der Waals surface area contributed by atoms with Gasteiger partial charge in [0, 0.05) is 4.88 Å². The van der Waals surface area contributed by atoms with Crippen LogP contribution in [0.2, 0.25) is 0 Å². The van der Waals surface area contributed by atoms with Gasteiger partial charge in [-0.2, -0.15) is 0 Å². The Morgan fingerprint density at radius 1 is 1.47 bits per heavy atom. The van der Waals surface area contributed by atoms with E-state index in [-0.39, 0.29) is 24.4 Å². The quantitative estimate of drug-likeness (QED) is 0.911. The first-order valence-corrected chi connectivity index (χ1v) is 7.89. The van der Waals surface area contributed by atoms with E-state index in [1.165, 1.54) is 0 Å². The molecule has 0 aromatic carbocycles. The Morgan fingerprint density at radius 3 is 2.79 bits per heavy atom. The van der Waals surface area contributed by atoms with Crippen LogP contribution in [0.15, 0.2) is 15.9 Å². The van der Waals surface area contributed by atoms with Gasteiger partial charge in [-0.1, -0.05) is 13.8 Å². The Hall–Kier alpha value is -0.880. The second-order valence-electron chi connectivity index (χ2n) is 5.15. The van der Waals surface area contributed by atoms with Crippen molar-refractivity contribution >= 4 is 39.1 Å². The minimum absolute atomic E-state index is 0.0258. The van der Waals surface area contributed by atoms with Crippen molar-refractivity contribution in [1.29, 1.82) is 0 Å². The van der Waals surface area contributed by atoms with Crippen LogP contribution in [0.1, 0.15) is 25.1 Å². The van der Waals surface area contributed by atoms with Crippen molar-refractivity contribution < 1.29 is 9.59 Å². The van der Waals surface area contributed by atoms with Crippen LogP contribution < -0.4 is 5.32 Å². The van der Waals surface area contributed by atoms with E-state index >= 15 is 0 Å². The molecule has 0 radical (unpaired) electrons. The third kappa shape index (κ3) is 3.79. The molecule has 1 saturated heterocycles. The van der Waals surface area contributed by atoms with Crippen LogP contribution in [-0.4, -0.2) is 29.3 Å². The first-order valence-electron chi connectivity index (χ1n) is 6.28. The fraction of sp³-hybridized carbons (Fsp3) is 0.538. The maximum Gasteiger partial charge on any atom is 0.245 e. The summed E-state index contributed by atoms with van der Waals surface area (Å²) in [5.41, 5.74) is 0. The molecule has 0 spiro atoms. The summed E-state index contributed by atoms with van der Waals surface area (Å²) in [5, 5.41) is 2.78. The number of carbonyl (C=O) groups is 2. The number of thiophene rings is 1. The van der Waals surface area contributed by atoms with Crippen LogP contribution in [-0.2, 0) is 16.1 Å². The minimum Gasteiger partial charge on any atom is -0.343 e. The summed E-state index contributed by atoms with van der Waals surface area (Å²) in [4.78, 5) is 26.7. The van der Waals surface area contributed by atoms with Crippen LogP contribution in [0, 0.1) is 5.92 Å². The van der Waals surface area contributed by atoms with Crippen molar-refractivity contribution in [3.05, 3.63) is 20.8 Å². The van der Waals surface area contributed by atoms with Crippen molar-refractivity contribution in [3.63, 3.8) is 0 Å². The summed E-state index contributed by atoms with van der Waals surface area (Å²) in [5.74, 6) is 0.337. The van der Waals surface area contributed by atoms with E-state index in [9.17, 15) is 9.59 Å². The summed E-state index contributed by atoms with van der Waals surface area (Å²) in [6.45, 7) is 4.77. The molecular weight excluding hydrogens is 328 g/mol. The van der Waals surface area contributed by atoms with Gasteiger partial charge in [0.2, 0.25) is 11.8 Å². The molecule has 0 saturated carbocycles. The zero-order valence-electron chi connectivity index (χ0n) is 11.0. The molecule has 1 aliphatic rings. The maximum absolute atomic E-state index is 12.3. The van der Waals surface area contributed by atoms with Gasteiger partial charge in [0.25, 0.3) is 0 Å². The average Bonchev–Trinajstić information content (AvgIpc) is 2.70. The van der Waals surface area contributed by atoms with Crippen LogP contribution >= 0.6 is 27.3 Å². The molecule has 0 aliphatic carbocycles.